The Morgan fingerprint density at radius 2 is 1.92 bits per heavy atom. The van der Waals surface area contributed by atoms with Gasteiger partial charge in [0, 0.05) is 5.56 Å². The summed E-state index contributed by atoms with van der Waals surface area (Å²) in [5, 5.41) is 0.205. The van der Waals surface area contributed by atoms with Crippen molar-refractivity contribution in [1.82, 2.24) is 4.98 Å². The van der Waals surface area contributed by atoms with Gasteiger partial charge in [0.1, 0.15) is 11.0 Å². The Hall–Kier alpha value is 0.0700. The Bertz CT molecular complexity index is 309. The van der Waals surface area contributed by atoms with Crippen LogP contribution >= 0.6 is 46.4 Å². The number of hydrogen-bond donors (Lipinski definition) is 2. The van der Waals surface area contributed by atoms with Gasteiger partial charge in [-0.25, -0.2) is 10.8 Å². The highest BCUT2D eigenvalue weighted by molar-refractivity contribution is 6.66. The number of pyridine rings is 1. The maximum atomic E-state index is 5.65. The summed E-state index contributed by atoms with van der Waals surface area (Å²) in [5.74, 6) is 5.47. The van der Waals surface area contributed by atoms with E-state index in [1.54, 1.807) is 0 Å². The van der Waals surface area contributed by atoms with Crippen molar-refractivity contribution in [1.29, 1.82) is 0 Å². The number of nitrogens with zero attached hydrogens (tertiary/aromatic N) is 1. The van der Waals surface area contributed by atoms with Gasteiger partial charge in [0.2, 0.25) is 3.79 Å². The van der Waals surface area contributed by atoms with Crippen LogP contribution in [0.4, 0.5) is 5.82 Å². The van der Waals surface area contributed by atoms with Crippen LogP contribution in [0.1, 0.15) is 5.56 Å². The van der Waals surface area contributed by atoms with E-state index in [1.165, 1.54) is 12.1 Å². The minimum atomic E-state index is -1.53. The van der Waals surface area contributed by atoms with Crippen LogP contribution in [0.3, 0.4) is 0 Å². The van der Waals surface area contributed by atoms with Crippen molar-refractivity contribution in [2.24, 2.45) is 5.84 Å². The molecule has 0 unspecified atom stereocenters. The summed E-state index contributed by atoms with van der Waals surface area (Å²) < 4.78 is -1.53. The van der Waals surface area contributed by atoms with Crippen molar-refractivity contribution >= 4 is 52.2 Å². The Morgan fingerprint density at radius 1 is 1.31 bits per heavy atom. The summed E-state index contributed by atoms with van der Waals surface area (Å²) in [7, 11) is 0. The molecule has 0 radical (unpaired) electrons. The van der Waals surface area contributed by atoms with Gasteiger partial charge in [0.05, 0.1) is 0 Å². The average molecular weight is 261 g/mol. The summed E-state index contributed by atoms with van der Waals surface area (Å²) in [4.78, 5) is 3.82. The monoisotopic (exact) mass is 259 g/mol. The molecule has 0 saturated carbocycles. The van der Waals surface area contributed by atoms with Gasteiger partial charge >= 0.3 is 0 Å². The molecule has 1 aromatic heterocycles. The minimum absolute atomic E-state index is 0.205. The van der Waals surface area contributed by atoms with E-state index in [0.717, 1.165) is 0 Å². The summed E-state index contributed by atoms with van der Waals surface area (Å²) in [6.45, 7) is 0. The van der Waals surface area contributed by atoms with E-state index in [1.807, 2.05) is 0 Å². The predicted octanol–water partition coefficient (Wildman–Crippen LogP) is 2.85. The Balaban J connectivity index is 3.16. The summed E-state index contributed by atoms with van der Waals surface area (Å²) in [6.07, 6.45) is 0. The maximum Gasteiger partial charge on any atom is 0.216 e. The maximum absolute atomic E-state index is 5.65. The lowest BCUT2D eigenvalue weighted by atomic mass is 10.3. The van der Waals surface area contributed by atoms with E-state index in [4.69, 9.17) is 52.2 Å². The molecule has 13 heavy (non-hydrogen) atoms. The quantitative estimate of drug-likeness (QED) is 0.353. The smallest absolute Gasteiger partial charge is 0.216 e. The lowest BCUT2D eigenvalue weighted by Crippen LogP contribution is -2.10. The van der Waals surface area contributed by atoms with Crippen LogP contribution in [-0.4, -0.2) is 4.98 Å². The zero-order valence-electron chi connectivity index (χ0n) is 6.19. The number of aromatic nitrogens is 1. The summed E-state index contributed by atoms with van der Waals surface area (Å²) >= 11 is 22.6. The lowest BCUT2D eigenvalue weighted by molar-refractivity contribution is 1.16. The number of nitrogen functional groups attached to an aromatic ring is 1. The molecule has 0 bridgehead atoms. The third-order valence-electron chi connectivity index (χ3n) is 1.27. The molecule has 0 spiro atoms. The van der Waals surface area contributed by atoms with Crippen molar-refractivity contribution in [3.8, 4) is 0 Å². The first kappa shape index (κ1) is 11.1. The SMILES string of the molecule is NNc1cc(C(Cl)(Cl)Cl)cc(Cl)n1. The lowest BCUT2D eigenvalue weighted by Gasteiger charge is -2.12. The molecule has 0 aliphatic carbocycles. The highest BCUT2D eigenvalue weighted by Gasteiger charge is 2.23. The Labute approximate surface area is 95.1 Å². The molecule has 1 rings (SSSR count). The van der Waals surface area contributed by atoms with Gasteiger partial charge in [0.15, 0.2) is 0 Å². The normalized spacial score (nSPS) is 11.5. The largest absolute Gasteiger partial charge is 0.308 e. The van der Waals surface area contributed by atoms with E-state index in [0.29, 0.717) is 11.4 Å². The topological polar surface area (TPSA) is 50.9 Å². The zero-order valence-corrected chi connectivity index (χ0v) is 9.21. The van der Waals surface area contributed by atoms with E-state index in [9.17, 15) is 0 Å². The number of hydrogen-bond acceptors (Lipinski definition) is 3. The van der Waals surface area contributed by atoms with E-state index < -0.39 is 3.79 Å². The number of nitrogens with one attached hydrogen (secondary N) is 1. The van der Waals surface area contributed by atoms with Crippen molar-refractivity contribution in [2.75, 3.05) is 5.43 Å². The minimum Gasteiger partial charge on any atom is -0.308 e. The van der Waals surface area contributed by atoms with Crippen LogP contribution in [0.2, 0.25) is 5.15 Å². The summed E-state index contributed by atoms with van der Waals surface area (Å²) in [5.41, 5.74) is 2.72. The molecule has 0 saturated heterocycles. The molecule has 1 aromatic rings. The van der Waals surface area contributed by atoms with E-state index in [2.05, 4.69) is 10.4 Å². The molecule has 3 N–H and O–H groups in total. The number of nitrogens with two attached hydrogens (primary N) is 1. The highest BCUT2D eigenvalue weighted by Crippen LogP contribution is 2.39. The van der Waals surface area contributed by atoms with Crippen molar-refractivity contribution in [2.45, 2.75) is 3.79 Å². The van der Waals surface area contributed by atoms with Gasteiger partial charge < -0.3 is 5.43 Å². The molecule has 0 atom stereocenters. The van der Waals surface area contributed by atoms with Crippen LogP contribution < -0.4 is 11.3 Å². The van der Waals surface area contributed by atoms with E-state index in [-0.39, 0.29) is 5.15 Å². The van der Waals surface area contributed by atoms with Crippen molar-refractivity contribution in [3.63, 3.8) is 0 Å². The third-order valence-corrected chi connectivity index (χ3v) is 2.12. The fraction of sp³-hybridized carbons (Fsp3) is 0.167. The van der Waals surface area contributed by atoms with Crippen molar-refractivity contribution < 1.29 is 0 Å². The van der Waals surface area contributed by atoms with Crippen LogP contribution in [0, 0.1) is 0 Å². The van der Waals surface area contributed by atoms with Crippen LogP contribution in [0.5, 0.6) is 0 Å². The first-order valence-electron chi connectivity index (χ1n) is 3.15. The molecule has 3 nitrogen and oxygen atoms in total. The van der Waals surface area contributed by atoms with Crippen LogP contribution in [0.15, 0.2) is 12.1 Å². The number of rotatable bonds is 1. The Morgan fingerprint density at radius 3 is 2.38 bits per heavy atom. The molecule has 0 amide bonds. The fourth-order valence-corrected chi connectivity index (χ4v) is 1.27. The predicted molar refractivity (Wildman–Crippen MR) is 56.3 cm³/mol. The van der Waals surface area contributed by atoms with E-state index >= 15 is 0 Å². The molecular weight excluding hydrogens is 256 g/mol. The molecule has 0 fully saturated rings. The second-order valence-corrected chi connectivity index (χ2v) is 4.87. The highest BCUT2D eigenvalue weighted by atomic mass is 35.6. The second-order valence-electron chi connectivity index (χ2n) is 2.21. The standard InChI is InChI=1S/C6H5Cl4N3/c7-4-1-3(6(8,9)10)2-5(12-4)13-11/h1-2H,11H2,(H,12,13). The number of anilines is 1. The second kappa shape index (κ2) is 4.07. The number of hydrazine groups is 1. The third kappa shape index (κ3) is 3.04. The van der Waals surface area contributed by atoms with Crippen LogP contribution in [-0.2, 0) is 3.79 Å². The first-order chi connectivity index (χ1) is 5.93. The Kier molecular flexibility index (Phi) is 3.49. The molecule has 7 heteroatoms. The molecule has 0 aliphatic heterocycles. The van der Waals surface area contributed by atoms with Gasteiger partial charge in [0.25, 0.3) is 0 Å². The molecule has 0 aromatic carbocycles. The zero-order chi connectivity index (χ0) is 10.1. The van der Waals surface area contributed by atoms with Gasteiger partial charge in [-0.1, -0.05) is 46.4 Å². The molecule has 1 heterocycles. The first-order valence-corrected chi connectivity index (χ1v) is 4.66. The van der Waals surface area contributed by atoms with Crippen LogP contribution in [0.25, 0.3) is 0 Å². The average Bonchev–Trinajstić information content (AvgIpc) is 2.01. The molecular formula is C6H5Cl4N3. The molecule has 0 aliphatic rings. The van der Waals surface area contributed by atoms with Gasteiger partial charge in [-0.2, -0.15) is 0 Å². The van der Waals surface area contributed by atoms with Gasteiger partial charge in [-0.05, 0) is 12.1 Å². The van der Waals surface area contributed by atoms with Gasteiger partial charge in [-0.3, -0.25) is 0 Å². The van der Waals surface area contributed by atoms with Crippen molar-refractivity contribution in [3.05, 3.63) is 22.8 Å². The number of alkyl halides is 3. The van der Waals surface area contributed by atoms with Gasteiger partial charge in [-0.15, -0.1) is 0 Å². The molecule has 72 valence electrons. The fourth-order valence-electron chi connectivity index (χ4n) is 0.735. The summed E-state index contributed by atoms with van der Waals surface area (Å²) in [6, 6.07) is 2.95. The number of halogens is 4.